The molecule has 0 aliphatic carbocycles. The molecule has 1 N–H and O–H groups in total. The first kappa shape index (κ1) is 14.8. The first-order valence-corrected chi connectivity index (χ1v) is 7.39. The molecule has 1 aromatic heterocycles. The van der Waals surface area contributed by atoms with Gasteiger partial charge in [-0.1, -0.05) is 58.0 Å². The summed E-state index contributed by atoms with van der Waals surface area (Å²) in [5.74, 6) is 0.477. The molecule has 3 nitrogen and oxygen atoms in total. The summed E-state index contributed by atoms with van der Waals surface area (Å²) in [6.07, 6.45) is 2.01. The van der Waals surface area contributed by atoms with Crippen LogP contribution in [0.25, 0.3) is 0 Å². The van der Waals surface area contributed by atoms with E-state index in [1.165, 1.54) is 16.8 Å². The van der Waals surface area contributed by atoms with Crippen LogP contribution in [0.5, 0.6) is 0 Å². The molecule has 20 heavy (non-hydrogen) atoms. The van der Waals surface area contributed by atoms with Gasteiger partial charge in [0.05, 0.1) is 12.7 Å². The van der Waals surface area contributed by atoms with Gasteiger partial charge in [-0.05, 0) is 11.5 Å². The Hall–Kier alpha value is -1.61. The second kappa shape index (κ2) is 6.71. The van der Waals surface area contributed by atoms with E-state index in [0.29, 0.717) is 12.0 Å². The third-order valence-electron chi connectivity index (χ3n) is 3.38. The van der Waals surface area contributed by atoms with Crippen molar-refractivity contribution < 1.29 is 0 Å². The van der Waals surface area contributed by atoms with Crippen molar-refractivity contribution >= 4 is 0 Å². The van der Waals surface area contributed by atoms with Crippen LogP contribution >= 0.6 is 0 Å². The van der Waals surface area contributed by atoms with Gasteiger partial charge in [-0.15, -0.1) is 0 Å². The summed E-state index contributed by atoms with van der Waals surface area (Å²) >= 11 is 0. The summed E-state index contributed by atoms with van der Waals surface area (Å²) in [5, 5.41) is 8.07. The zero-order valence-corrected chi connectivity index (χ0v) is 12.9. The summed E-state index contributed by atoms with van der Waals surface area (Å²) in [4.78, 5) is 0. The number of nitrogens with zero attached hydrogens (tertiary/aromatic N) is 2. The molecule has 0 spiro atoms. The fourth-order valence-corrected chi connectivity index (χ4v) is 2.43. The average molecular weight is 271 g/mol. The van der Waals surface area contributed by atoms with Gasteiger partial charge in [0.15, 0.2) is 0 Å². The summed E-state index contributed by atoms with van der Waals surface area (Å²) in [6.45, 7) is 10.5. The number of hydrogen-bond donors (Lipinski definition) is 1. The fraction of sp³-hybridized carbons (Fsp3) is 0.471. The van der Waals surface area contributed by atoms with Gasteiger partial charge in [-0.25, -0.2) is 0 Å². The van der Waals surface area contributed by atoms with Crippen molar-refractivity contribution in [1.29, 1.82) is 0 Å². The smallest absolute Gasteiger partial charge is 0.0662 e. The Morgan fingerprint density at radius 2 is 1.80 bits per heavy atom. The molecule has 3 heteroatoms. The Kier molecular flexibility index (Phi) is 4.96. The molecule has 0 unspecified atom stereocenters. The lowest BCUT2D eigenvalue weighted by Crippen LogP contribution is -2.22. The summed E-state index contributed by atoms with van der Waals surface area (Å²) < 4.78 is 2.14. The van der Waals surface area contributed by atoms with Gasteiger partial charge in [-0.3, -0.25) is 4.68 Å². The quantitative estimate of drug-likeness (QED) is 0.870. The van der Waals surface area contributed by atoms with E-state index in [1.807, 2.05) is 12.3 Å². The average Bonchev–Trinajstić information content (AvgIpc) is 2.80. The SMILES string of the molecule is CC(C)NCc1cnn(Cc2ccccc2)c1C(C)C. The zero-order valence-electron chi connectivity index (χ0n) is 12.9. The van der Waals surface area contributed by atoms with Gasteiger partial charge >= 0.3 is 0 Å². The molecule has 2 aromatic rings. The van der Waals surface area contributed by atoms with Crippen LogP contribution in [0, 0.1) is 0 Å². The molecule has 0 bridgehead atoms. The van der Waals surface area contributed by atoms with E-state index < -0.39 is 0 Å². The van der Waals surface area contributed by atoms with Crippen molar-refractivity contribution in [3.05, 3.63) is 53.3 Å². The van der Waals surface area contributed by atoms with Crippen molar-refractivity contribution in [3.8, 4) is 0 Å². The fourth-order valence-electron chi connectivity index (χ4n) is 2.43. The lowest BCUT2D eigenvalue weighted by atomic mass is 10.1. The molecule has 2 rings (SSSR count). The lowest BCUT2D eigenvalue weighted by molar-refractivity contribution is 0.574. The minimum atomic E-state index is 0.477. The highest BCUT2D eigenvalue weighted by atomic mass is 15.3. The molecule has 0 atom stereocenters. The van der Waals surface area contributed by atoms with E-state index in [-0.39, 0.29) is 0 Å². The molecule has 0 fully saturated rings. The van der Waals surface area contributed by atoms with Gasteiger partial charge in [0.2, 0.25) is 0 Å². The molecule has 1 heterocycles. The third-order valence-corrected chi connectivity index (χ3v) is 3.38. The van der Waals surface area contributed by atoms with Gasteiger partial charge < -0.3 is 5.32 Å². The second-order valence-electron chi connectivity index (χ2n) is 5.89. The Bertz CT molecular complexity index is 526. The highest BCUT2D eigenvalue weighted by Crippen LogP contribution is 2.20. The number of rotatable bonds is 6. The zero-order chi connectivity index (χ0) is 14.5. The molecule has 108 valence electrons. The Morgan fingerprint density at radius 3 is 2.40 bits per heavy atom. The monoisotopic (exact) mass is 271 g/mol. The maximum Gasteiger partial charge on any atom is 0.0662 e. The first-order valence-electron chi connectivity index (χ1n) is 7.39. The van der Waals surface area contributed by atoms with E-state index in [2.05, 4.69) is 67.1 Å². The molecule has 0 saturated heterocycles. The number of benzene rings is 1. The van der Waals surface area contributed by atoms with Crippen molar-refractivity contribution in [1.82, 2.24) is 15.1 Å². The molecule has 0 amide bonds. The predicted molar refractivity (Wildman–Crippen MR) is 83.8 cm³/mol. The van der Waals surface area contributed by atoms with Crippen molar-refractivity contribution in [2.45, 2.75) is 52.7 Å². The van der Waals surface area contributed by atoms with E-state index in [1.54, 1.807) is 0 Å². The van der Waals surface area contributed by atoms with Gasteiger partial charge in [0.25, 0.3) is 0 Å². The Morgan fingerprint density at radius 1 is 1.10 bits per heavy atom. The third kappa shape index (κ3) is 3.70. The van der Waals surface area contributed by atoms with Crippen molar-refractivity contribution in [2.24, 2.45) is 0 Å². The molecule has 0 aliphatic rings. The van der Waals surface area contributed by atoms with Crippen LogP contribution < -0.4 is 5.32 Å². The topological polar surface area (TPSA) is 29.9 Å². The highest BCUT2D eigenvalue weighted by Gasteiger charge is 2.14. The van der Waals surface area contributed by atoms with Crippen LogP contribution in [0.2, 0.25) is 0 Å². The summed E-state index contributed by atoms with van der Waals surface area (Å²) in [5.41, 5.74) is 3.94. The number of nitrogens with one attached hydrogen (secondary N) is 1. The van der Waals surface area contributed by atoms with Crippen LogP contribution in [0.4, 0.5) is 0 Å². The first-order chi connectivity index (χ1) is 9.58. The molecule has 0 radical (unpaired) electrons. The second-order valence-corrected chi connectivity index (χ2v) is 5.89. The Balaban J connectivity index is 2.20. The van der Waals surface area contributed by atoms with E-state index in [9.17, 15) is 0 Å². The number of hydrogen-bond acceptors (Lipinski definition) is 2. The van der Waals surface area contributed by atoms with Crippen LogP contribution in [0.15, 0.2) is 36.5 Å². The van der Waals surface area contributed by atoms with Gasteiger partial charge in [-0.2, -0.15) is 5.10 Å². The largest absolute Gasteiger partial charge is 0.310 e. The highest BCUT2D eigenvalue weighted by molar-refractivity contribution is 5.23. The summed E-state index contributed by atoms with van der Waals surface area (Å²) in [6, 6.07) is 11.0. The minimum Gasteiger partial charge on any atom is -0.310 e. The molecular weight excluding hydrogens is 246 g/mol. The van der Waals surface area contributed by atoms with Crippen molar-refractivity contribution in [2.75, 3.05) is 0 Å². The van der Waals surface area contributed by atoms with Crippen LogP contribution in [-0.2, 0) is 13.1 Å². The summed E-state index contributed by atoms with van der Waals surface area (Å²) in [7, 11) is 0. The van der Waals surface area contributed by atoms with E-state index in [0.717, 1.165) is 13.1 Å². The van der Waals surface area contributed by atoms with Gasteiger partial charge in [0, 0.05) is 23.8 Å². The van der Waals surface area contributed by atoms with Crippen LogP contribution in [0.1, 0.15) is 50.4 Å². The Labute approximate surface area is 122 Å². The van der Waals surface area contributed by atoms with E-state index >= 15 is 0 Å². The number of aromatic nitrogens is 2. The molecule has 1 aromatic carbocycles. The van der Waals surface area contributed by atoms with Crippen LogP contribution in [0.3, 0.4) is 0 Å². The van der Waals surface area contributed by atoms with Gasteiger partial charge in [0.1, 0.15) is 0 Å². The normalized spacial score (nSPS) is 11.5. The van der Waals surface area contributed by atoms with E-state index in [4.69, 9.17) is 0 Å². The maximum atomic E-state index is 4.59. The molecule has 0 aliphatic heterocycles. The molecular formula is C17H25N3. The van der Waals surface area contributed by atoms with Crippen LogP contribution in [-0.4, -0.2) is 15.8 Å². The predicted octanol–water partition coefficient (Wildman–Crippen LogP) is 3.55. The standard InChI is InChI=1S/C17H25N3/c1-13(2)17-16(10-18-14(3)4)11-19-20(17)12-15-8-6-5-7-9-15/h5-9,11,13-14,18H,10,12H2,1-4H3. The maximum absolute atomic E-state index is 4.59. The minimum absolute atomic E-state index is 0.477. The molecule has 0 saturated carbocycles. The van der Waals surface area contributed by atoms with Crippen molar-refractivity contribution in [3.63, 3.8) is 0 Å². The lowest BCUT2D eigenvalue weighted by Gasteiger charge is -2.14.